The Morgan fingerprint density at radius 1 is 1.41 bits per heavy atom. The summed E-state index contributed by atoms with van der Waals surface area (Å²) in [5.74, 6) is 1.03. The molecule has 1 aliphatic rings. The molecule has 6 heteroatoms. The first kappa shape index (κ1) is 15.0. The summed E-state index contributed by atoms with van der Waals surface area (Å²) in [6, 6.07) is 8.30. The summed E-state index contributed by atoms with van der Waals surface area (Å²) >= 11 is 1.70. The quantitative estimate of drug-likeness (QED) is 0.888. The van der Waals surface area contributed by atoms with Crippen LogP contribution in [-0.4, -0.2) is 35.2 Å². The van der Waals surface area contributed by atoms with Crippen LogP contribution in [0.15, 0.2) is 35.8 Å². The van der Waals surface area contributed by atoms with Gasteiger partial charge in [-0.25, -0.2) is 0 Å². The second-order valence-corrected chi connectivity index (χ2v) is 6.49. The lowest BCUT2D eigenvalue weighted by atomic mass is 10.2. The summed E-state index contributed by atoms with van der Waals surface area (Å²) in [5.41, 5.74) is 0. The molecule has 1 N–H and O–H groups in total. The number of aromatic nitrogens is 2. The molecule has 2 aromatic rings. The highest BCUT2D eigenvalue weighted by molar-refractivity contribution is 7.09. The molecule has 0 saturated carbocycles. The molecule has 5 nitrogen and oxygen atoms in total. The number of aryl methyl sites for hydroxylation is 1. The van der Waals surface area contributed by atoms with Gasteiger partial charge >= 0.3 is 0 Å². The number of carbonyl (C=O) groups is 1. The standard InChI is InChI=1S/C16H20N4OS/c21-16(8-7-14-5-3-11-22-14)17-12-13-4-2-10-20(13)15-6-1-9-18-19-15/h1,3,5-6,9,11,13H,2,4,7-8,10,12H2,(H,17,21)/t13-/m0/s1. The number of nitrogens with zero attached hydrogens (tertiary/aromatic N) is 3. The van der Waals surface area contributed by atoms with Crippen molar-refractivity contribution >= 4 is 23.1 Å². The molecule has 116 valence electrons. The van der Waals surface area contributed by atoms with Gasteiger partial charge in [0.05, 0.1) is 0 Å². The van der Waals surface area contributed by atoms with Crippen LogP contribution < -0.4 is 10.2 Å². The van der Waals surface area contributed by atoms with Gasteiger partial charge in [-0.3, -0.25) is 4.79 Å². The summed E-state index contributed by atoms with van der Waals surface area (Å²) in [7, 11) is 0. The summed E-state index contributed by atoms with van der Waals surface area (Å²) in [4.78, 5) is 15.5. The number of thiophene rings is 1. The maximum absolute atomic E-state index is 12.0. The van der Waals surface area contributed by atoms with Gasteiger partial charge in [-0.15, -0.1) is 16.4 Å². The monoisotopic (exact) mass is 316 g/mol. The highest BCUT2D eigenvalue weighted by Crippen LogP contribution is 2.22. The molecule has 1 fully saturated rings. The normalized spacial score (nSPS) is 17.6. The second-order valence-electron chi connectivity index (χ2n) is 5.45. The van der Waals surface area contributed by atoms with E-state index in [0.29, 0.717) is 19.0 Å². The summed E-state index contributed by atoms with van der Waals surface area (Å²) in [6.07, 6.45) is 5.27. The first-order valence-electron chi connectivity index (χ1n) is 7.66. The Morgan fingerprint density at radius 3 is 3.14 bits per heavy atom. The number of amides is 1. The summed E-state index contributed by atoms with van der Waals surface area (Å²) in [6.45, 7) is 1.66. The summed E-state index contributed by atoms with van der Waals surface area (Å²) in [5, 5.41) is 13.2. The van der Waals surface area contributed by atoms with E-state index in [9.17, 15) is 4.79 Å². The average Bonchev–Trinajstić information content (AvgIpc) is 3.23. The van der Waals surface area contributed by atoms with Crippen LogP contribution in [-0.2, 0) is 11.2 Å². The van der Waals surface area contributed by atoms with Crippen molar-refractivity contribution in [3.63, 3.8) is 0 Å². The van der Waals surface area contributed by atoms with Gasteiger partial charge in [-0.1, -0.05) is 6.07 Å². The van der Waals surface area contributed by atoms with Crippen molar-refractivity contribution in [3.8, 4) is 0 Å². The number of anilines is 1. The van der Waals surface area contributed by atoms with Gasteiger partial charge in [0.2, 0.25) is 5.91 Å². The summed E-state index contributed by atoms with van der Waals surface area (Å²) < 4.78 is 0. The molecule has 3 heterocycles. The fraction of sp³-hybridized carbons (Fsp3) is 0.438. The van der Waals surface area contributed by atoms with Gasteiger partial charge in [0.15, 0.2) is 5.82 Å². The molecule has 0 radical (unpaired) electrons. The van der Waals surface area contributed by atoms with E-state index in [4.69, 9.17) is 0 Å². The van der Waals surface area contributed by atoms with E-state index in [1.165, 1.54) is 4.88 Å². The third kappa shape index (κ3) is 3.82. The van der Waals surface area contributed by atoms with Crippen molar-refractivity contribution in [2.24, 2.45) is 0 Å². The number of rotatable bonds is 6. The second kappa shape index (κ2) is 7.35. The largest absolute Gasteiger partial charge is 0.354 e. The Balaban J connectivity index is 1.47. The predicted molar refractivity (Wildman–Crippen MR) is 88.0 cm³/mol. The van der Waals surface area contributed by atoms with E-state index in [1.807, 2.05) is 23.6 Å². The van der Waals surface area contributed by atoms with Crippen LogP contribution in [0.25, 0.3) is 0 Å². The molecular formula is C16H20N4OS. The molecule has 0 aromatic carbocycles. The molecule has 1 atom stereocenters. The number of nitrogens with one attached hydrogen (secondary N) is 1. The van der Waals surface area contributed by atoms with E-state index in [1.54, 1.807) is 17.5 Å². The molecule has 1 aliphatic heterocycles. The van der Waals surface area contributed by atoms with Crippen LogP contribution in [0.2, 0.25) is 0 Å². The van der Waals surface area contributed by atoms with Crippen LogP contribution in [0, 0.1) is 0 Å². The van der Waals surface area contributed by atoms with Crippen molar-refractivity contribution in [1.29, 1.82) is 0 Å². The Kier molecular flexibility index (Phi) is 5.00. The molecule has 2 aromatic heterocycles. The van der Waals surface area contributed by atoms with Crippen LogP contribution >= 0.6 is 11.3 Å². The fourth-order valence-electron chi connectivity index (χ4n) is 2.81. The first-order chi connectivity index (χ1) is 10.8. The Morgan fingerprint density at radius 2 is 2.36 bits per heavy atom. The van der Waals surface area contributed by atoms with Gasteiger partial charge in [-0.05, 0) is 42.8 Å². The van der Waals surface area contributed by atoms with Gasteiger partial charge in [-0.2, -0.15) is 5.10 Å². The molecule has 1 saturated heterocycles. The maximum atomic E-state index is 12.0. The minimum Gasteiger partial charge on any atom is -0.354 e. The molecule has 3 rings (SSSR count). The molecule has 1 amide bonds. The van der Waals surface area contributed by atoms with Crippen LogP contribution in [0.5, 0.6) is 0 Å². The molecule has 0 bridgehead atoms. The predicted octanol–water partition coefficient (Wildman–Crippen LogP) is 2.26. The minimum atomic E-state index is 0.124. The Hall–Kier alpha value is -1.95. The third-order valence-electron chi connectivity index (χ3n) is 3.94. The van der Waals surface area contributed by atoms with E-state index >= 15 is 0 Å². The molecule has 22 heavy (non-hydrogen) atoms. The Labute approximate surface area is 134 Å². The van der Waals surface area contributed by atoms with E-state index in [2.05, 4.69) is 26.5 Å². The Bertz CT molecular complexity index is 587. The van der Waals surface area contributed by atoms with Crippen molar-refractivity contribution in [3.05, 3.63) is 40.7 Å². The van der Waals surface area contributed by atoms with E-state index in [0.717, 1.165) is 31.6 Å². The average molecular weight is 316 g/mol. The van der Waals surface area contributed by atoms with E-state index in [-0.39, 0.29) is 5.91 Å². The molecule has 0 unspecified atom stereocenters. The number of hydrogen-bond donors (Lipinski definition) is 1. The van der Waals surface area contributed by atoms with Crippen LogP contribution in [0.1, 0.15) is 24.1 Å². The molecule has 0 aliphatic carbocycles. The van der Waals surface area contributed by atoms with Crippen molar-refractivity contribution in [1.82, 2.24) is 15.5 Å². The highest BCUT2D eigenvalue weighted by atomic mass is 32.1. The van der Waals surface area contributed by atoms with Crippen molar-refractivity contribution < 1.29 is 4.79 Å². The smallest absolute Gasteiger partial charge is 0.220 e. The SMILES string of the molecule is O=C(CCc1cccs1)NC[C@@H]1CCCN1c1cccnn1. The number of hydrogen-bond acceptors (Lipinski definition) is 5. The lowest BCUT2D eigenvalue weighted by molar-refractivity contribution is -0.121. The molecule has 0 spiro atoms. The van der Waals surface area contributed by atoms with Crippen molar-refractivity contribution in [2.45, 2.75) is 31.7 Å². The number of carbonyl (C=O) groups excluding carboxylic acids is 1. The minimum absolute atomic E-state index is 0.124. The third-order valence-corrected chi connectivity index (χ3v) is 4.88. The van der Waals surface area contributed by atoms with Crippen molar-refractivity contribution in [2.75, 3.05) is 18.0 Å². The van der Waals surface area contributed by atoms with Crippen LogP contribution in [0.4, 0.5) is 5.82 Å². The zero-order valence-electron chi connectivity index (χ0n) is 12.4. The molecular weight excluding hydrogens is 296 g/mol. The van der Waals surface area contributed by atoms with Gasteiger partial charge in [0.1, 0.15) is 0 Å². The van der Waals surface area contributed by atoms with Gasteiger partial charge in [0.25, 0.3) is 0 Å². The maximum Gasteiger partial charge on any atom is 0.220 e. The fourth-order valence-corrected chi connectivity index (χ4v) is 3.52. The van der Waals surface area contributed by atoms with Gasteiger partial charge in [0, 0.05) is 36.6 Å². The first-order valence-corrected chi connectivity index (χ1v) is 8.54. The van der Waals surface area contributed by atoms with Gasteiger partial charge < -0.3 is 10.2 Å². The zero-order chi connectivity index (χ0) is 15.2. The highest BCUT2D eigenvalue weighted by Gasteiger charge is 2.25. The topological polar surface area (TPSA) is 58.1 Å². The van der Waals surface area contributed by atoms with E-state index < -0.39 is 0 Å². The zero-order valence-corrected chi connectivity index (χ0v) is 13.3. The lowest BCUT2D eigenvalue weighted by Gasteiger charge is -2.25. The lowest BCUT2D eigenvalue weighted by Crippen LogP contribution is -2.40. The van der Waals surface area contributed by atoms with Crippen LogP contribution in [0.3, 0.4) is 0 Å².